The Labute approximate surface area is 268 Å². The van der Waals surface area contributed by atoms with E-state index in [0.717, 1.165) is 33.0 Å². The molecular weight excluding hydrogens is 615 g/mol. The van der Waals surface area contributed by atoms with Crippen LogP contribution in [0.1, 0.15) is 42.1 Å². The average molecular weight is 644 g/mol. The van der Waals surface area contributed by atoms with Crippen LogP contribution in [0.15, 0.2) is 99.9 Å². The van der Waals surface area contributed by atoms with Crippen LogP contribution in [0.3, 0.4) is 0 Å². The van der Waals surface area contributed by atoms with Crippen LogP contribution in [0.5, 0.6) is 5.75 Å². The van der Waals surface area contributed by atoms with Crippen molar-refractivity contribution in [1.82, 2.24) is 4.57 Å². The van der Waals surface area contributed by atoms with Crippen LogP contribution >= 0.6 is 34.5 Å². The smallest absolute Gasteiger partial charge is 0.338 e. The van der Waals surface area contributed by atoms with Crippen molar-refractivity contribution in [3.05, 3.63) is 142 Å². The van der Waals surface area contributed by atoms with E-state index >= 15 is 0 Å². The largest absolute Gasteiger partial charge is 0.488 e. The number of fused-ring (bicyclic) bond motifs is 2. The van der Waals surface area contributed by atoms with Gasteiger partial charge in [-0.05, 0) is 61.4 Å². The van der Waals surface area contributed by atoms with E-state index in [1.54, 1.807) is 30.5 Å². The Morgan fingerprint density at radius 3 is 2.55 bits per heavy atom. The highest BCUT2D eigenvalue weighted by molar-refractivity contribution is 7.07. The summed E-state index contributed by atoms with van der Waals surface area (Å²) < 4.78 is 13.8. The molecule has 0 bridgehead atoms. The molecule has 1 aromatic heterocycles. The van der Waals surface area contributed by atoms with Crippen molar-refractivity contribution in [3.8, 4) is 5.75 Å². The zero-order valence-corrected chi connectivity index (χ0v) is 26.6. The third-order valence-electron chi connectivity index (χ3n) is 7.51. The third-order valence-corrected chi connectivity index (χ3v) is 9.08. The summed E-state index contributed by atoms with van der Waals surface area (Å²) in [4.78, 5) is 32.7. The first kappa shape index (κ1) is 29.9. The monoisotopic (exact) mass is 642 g/mol. The van der Waals surface area contributed by atoms with Gasteiger partial charge in [-0.3, -0.25) is 9.36 Å². The number of carbonyl (C=O) groups excluding carboxylic acids is 1. The molecule has 222 valence electrons. The lowest BCUT2D eigenvalue weighted by atomic mass is 9.95. The van der Waals surface area contributed by atoms with Crippen LogP contribution in [0.4, 0.5) is 0 Å². The number of hydrogen-bond donors (Lipinski definition) is 0. The summed E-state index contributed by atoms with van der Waals surface area (Å²) in [6.45, 7) is 5.96. The van der Waals surface area contributed by atoms with E-state index in [-0.39, 0.29) is 18.8 Å². The van der Waals surface area contributed by atoms with E-state index in [0.29, 0.717) is 36.4 Å². The molecule has 0 spiro atoms. The van der Waals surface area contributed by atoms with Gasteiger partial charge >= 0.3 is 5.97 Å². The molecule has 0 saturated carbocycles. The number of benzene rings is 4. The SMILES string of the molecule is CCOC(=O)C1=C(C)N=c2s/c(=C\c3c(OCc4ccc(Cl)cc4Cl)ccc4ccccc34)c(=O)n2[C@@H]1c1ccc(C)cc1. The minimum absolute atomic E-state index is 0.214. The van der Waals surface area contributed by atoms with Crippen molar-refractivity contribution in [1.29, 1.82) is 0 Å². The molecular formula is C35H28Cl2N2O4S. The van der Waals surface area contributed by atoms with E-state index in [2.05, 4.69) is 0 Å². The average Bonchev–Trinajstić information content (AvgIpc) is 3.31. The fourth-order valence-electron chi connectivity index (χ4n) is 5.33. The second kappa shape index (κ2) is 12.4. The summed E-state index contributed by atoms with van der Waals surface area (Å²) in [5.41, 5.74) is 4.03. The summed E-state index contributed by atoms with van der Waals surface area (Å²) in [6, 6.07) is 24.2. The number of carbonyl (C=O) groups is 1. The number of ether oxygens (including phenoxy) is 2. The normalized spacial score (nSPS) is 14.8. The van der Waals surface area contributed by atoms with Gasteiger partial charge in [0.1, 0.15) is 12.4 Å². The number of halogens is 2. The van der Waals surface area contributed by atoms with Gasteiger partial charge in [-0.2, -0.15) is 0 Å². The third kappa shape index (κ3) is 5.71. The van der Waals surface area contributed by atoms with Crippen LogP contribution in [-0.2, 0) is 16.1 Å². The van der Waals surface area contributed by atoms with Crippen molar-refractivity contribution < 1.29 is 14.3 Å². The van der Waals surface area contributed by atoms with Gasteiger partial charge in [0, 0.05) is 21.2 Å². The standard InChI is InChI=1S/C35H28Cl2N2O4S/c1-4-42-34(41)31-21(3)38-35-39(32(31)23-11-9-20(2)10-12-23)33(40)30(44-35)18-27-26-8-6-5-7-22(26)14-16-29(27)43-19-24-13-15-25(36)17-28(24)37/h5-18,32H,4,19H2,1-3H3/b30-18-/t32-/m1/s1. The van der Waals surface area contributed by atoms with Gasteiger partial charge in [-0.25, -0.2) is 9.79 Å². The van der Waals surface area contributed by atoms with Crippen molar-refractivity contribution in [3.63, 3.8) is 0 Å². The van der Waals surface area contributed by atoms with E-state index in [1.165, 1.54) is 11.3 Å². The molecule has 5 aromatic rings. The summed E-state index contributed by atoms with van der Waals surface area (Å²) in [6.07, 6.45) is 1.85. The summed E-state index contributed by atoms with van der Waals surface area (Å²) in [7, 11) is 0. The number of rotatable bonds is 7. The zero-order valence-electron chi connectivity index (χ0n) is 24.3. The van der Waals surface area contributed by atoms with Gasteiger partial charge in [-0.1, -0.05) is 101 Å². The van der Waals surface area contributed by atoms with E-state index < -0.39 is 12.0 Å². The second-order valence-corrected chi connectivity index (χ2v) is 12.3. The van der Waals surface area contributed by atoms with Gasteiger partial charge in [0.15, 0.2) is 4.80 Å². The zero-order chi connectivity index (χ0) is 31.0. The molecule has 0 aliphatic carbocycles. The van der Waals surface area contributed by atoms with Crippen molar-refractivity contribution in [2.75, 3.05) is 6.61 Å². The molecule has 1 atom stereocenters. The lowest BCUT2D eigenvalue weighted by molar-refractivity contribution is -0.139. The number of allylic oxidation sites excluding steroid dienone is 1. The van der Waals surface area contributed by atoms with E-state index in [9.17, 15) is 9.59 Å². The highest BCUT2D eigenvalue weighted by Crippen LogP contribution is 2.32. The summed E-state index contributed by atoms with van der Waals surface area (Å²) in [5, 5.41) is 2.99. The molecule has 0 N–H and O–H groups in total. The Kier molecular flexibility index (Phi) is 8.45. The predicted octanol–water partition coefficient (Wildman–Crippen LogP) is 7.15. The minimum atomic E-state index is -0.677. The first-order valence-corrected chi connectivity index (χ1v) is 15.7. The molecule has 2 heterocycles. The Morgan fingerprint density at radius 1 is 1.02 bits per heavy atom. The fourth-order valence-corrected chi connectivity index (χ4v) is 6.82. The maximum atomic E-state index is 14.2. The molecule has 44 heavy (non-hydrogen) atoms. The molecule has 4 aromatic carbocycles. The van der Waals surface area contributed by atoms with Gasteiger partial charge in [0.25, 0.3) is 5.56 Å². The first-order valence-electron chi connectivity index (χ1n) is 14.1. The number of hydrogen-bond acceptors (Lipinski definition) is 6. The molecule has 6 nitrogen and oxygen atoms in total. The van der Waals surface area contributed by atoms with Gasteiger partial charge in [0.05, 0.1) is 28.5 Å². The second-order valence-electron chi connectivity index (χ2n) is 10.4. The maximum Gasteiger partial charge on any atom is 0.338 e. The lowest BCUT2D eigenvalue weighted by Crippen LogP contribution is -2.39. The molecule has 1 aliphatic heterocycles. The van der Waals surface area contributed by atoms with Crippen LogP contribution in [0, 0.1) is 6.92 Å². The highest BCUT2D eigenvalue weighted by atomic mass is 35.5. The fraction of sp³-hybridized carbons (Fsp3) is 0.171. The van der Waals surface area contributed by atoms with Crippen molar-refractivity contribution >= 4 is 57.4 Å². The molecule has 6 rings (SSSR count). The molecule has 0 amide bonds. The van der Waals surface area contributed by atoms with Gasteiger partial charge in [0.2, 0.25) is 0 Å². The number of thiazole rings is 1. The van der Waals surface area contributed by atoms with Crippen molar-refractivity contribution in [2.24, 2.45) is 4.99 Å². The van der Waals surface area contributed by atoms with Gasteiger partial charge < -0.3 is 9.47 Å². The summed E-state index contributed by atoms with van der Waals surface area (Å²) >= 11 is 13.8. The number of aromatic nitrogens is 1. The molecule has 1 aliphatic rings. The summed E-state index contributed by atoms with van der Waals surface area (Å²) in [5.74, 6) is 0.109. The Hall–Kier alpha value is -4.17. The topological polar surface area (TPSA) is 69.9 Å². The molecule has 0 radical (unpaired) electrons. The van der Waals surface area contributed by atoms with E-state index in [1.807, 2.05) is 79.7 Å². The molecule has 0 saturated heterocycles. The van der Waals surface area contributed by atoms with Crippen LogP contribution in [0.2, 0.25) is 10.0 Å². The number of esters is 1. The molecule has 0 unspecified atom stereocenters. The van der Waals surface area contributed by atoms with Gasteiger partial charge in [-0.15, -0.1) is 0 Å². The Bertz CT molecular complexity index is 2130. The number of aryl methyl sites for hydroxylation is 1. The van der Waals surface area contributed by atoms with Crippen LogP contribution in [0.25, 0.3) is 16.8 Å². The number of nitrogens with zero attached hydrogens (tertiary/aromatic N) is 2. The van der Waals surface area contributed by atoms with E-state index in [4.69, 9.17) is 37.7 Å². The molecule has 0 fully saturated rings. The quantitative estimate of drug-likeness (QED) is 0.177. The predicted molar refractivity (Wildman–Crippen MR) is 176 cm³/mol. The molecule has 9 heteroatoms. The first-order chi connectivity index (χ1) is 21.2. The lowest BCUT2D eigenvalue weighted by Gasteiger charge is -2.24. The Balaban J connectivity index is 1.52. The maximum absolute atomic E-state index is 14.2. The Morgan fingerprint density at radius 2 is 1.80 bits per heavy atom. The van der Waals surface area contributed by atoms with Crippen LogP contribution in [-0.4, -0.2) is 17.1 Å². The minimum Gasteiger partial charge on any atom is -0.488 e. The van der Waals surface area contributed by atoms with Crippen molar-refractivity contribution in [2.45, 2.75) is 33.4 Å². The van der Waals surface area contributed by atoms with Crippen LogP contribution < -0.4 is 19.6 Å². The highest BCUT2D eigenvalue weighted by Gasteiger charge is 2.33.